The second-order valence-electron chi connectivity index (χ2n) is 13.3. The molecule has 0 atom stereocenters. The van der Waals surface area contributed by atoms with Crippen LogP contribution in [0.1, 0.15) is 115 Å². The smallest absolute Gasteiger partial charge is 0.201 e. The van der Waals surface area contributed by atoms with Crippen LogP contribution in [-0.2, 0) is 7.05 Å². The van der Waals surface area contributed by atoms with Gasteiger partial charge in [0.15, 0.2) is 6.20 Å². The average Bonchev–Trinajstić information content (AvgIpc) is 3.57. The molecule has 4 aromatic rings. The highest BCUT2D eigenvalue weighted by atomic mass is 14.9. The first-order valence-corrected chi connectivity index (χ1v) is 16.5. The highest BCUT2D eigenvalue weighted by molar-refractivity contribution is 5.89. The lowest BCUT2D eigenvalue weighted by atomic mass is 9.73. The summed E-state index contributed by atoms with van der Waals surface area (Å²) in [6, 6.07) is 24.7. The van der Waals surface area contributed by atoms with Gasteiger partial charge in [0.25, 0.3) is 0 Å². The Hall–Kier alpha value is -2.93. The predicted octanol–water partition coefficient (Wildman–Crippen LogP) is 10.8. The molecule has 3 saturated carbocycles. The first kappa shape index (κ1) is 24.6. The first-order chi connectivity index (χ1) is 20.8. The maximum Gasteiger partial charge on any atom is 0.213 e. The molecule has 41 heavy (non-hydrogen) atoms. The Labute approximate surface area is 250 Å². The summed E-state index contributed by atoms with van der Waals surface area (Å²) < 4.78 is 21.3. The Balaban J connectivity index is 1.25. The fraction of sp³-hybridized carbons (Fsp3) is 0.475. The van der Waals surface area contributed by atoms with E-state index in [-0.39, 0.29) is 0 Å². The van der Waals surface area contributed by atoms with Crippen LogP contribution in [0.5, 0.6) is 0 Å². The molecule has 1 heteroatoms. The summed E-state index contributed by atoms with van der Waals surface area (Å²) in [5.41, 5.74) is 8.45. The van der Waals surface area contributed by atoms with Crippen LogP contribution < -0.4 is 4.57 Å². The van der Waals surface area contributed by atoms with Crippen molar-refractivity contribution in [2.24, 2.45) is 18.9 Å². The Bertz CT molecular complexity index is 1620. The molecule has 1 aromatic heterocycles. The molecule has 3 aromatic carbocycles. The van der Waals surface area contributed by atoms with Crippen molar-refractivity contribution in [3.8, 4) is 22.4 Å². The number of hydrogen-bond acceptors (Lipinski definition) is 0. The Morgan fingerprint density at radius 1 is 0.634 bits per heavy atom. The standard InChI is InChI=1S/C40H48N/c1-28-10-6-9-15-37(28)40-26-38(39(27-41(40)2)32-13-4-3-5-14-32)36-23-22-34-24-33(20-21-35(34)25-36)31-18-16-30(17-19-31)29-11-7-8-12-29/h6,9-10,15,20-27,29-32H,3-5,7-8,11-14,16-19H2,1-2H3/q+1/i31D,32D. The van der Waals surface area contributed by atoms with Gasteiger partial charge in [-0.25, -0.2) is 4.57 Å². The van der Waals surface area contributed by atoms with E-state index >= 15 is 0 Å². The molecule has 0 spiro atoms. The molecule has 0 radical (unpaired) electrons. The molecular formula is C40H48N+. The number of aromatic nitrogens is 1. The molecule has 0 saturated heterocycles. The Morgan fingerprint density at radius 3 is 2.10 bits per heavy atom. The third-order valence-electron chi connectivity index (χ3n) is 10.8. The van der Waals surface area contributed by atoms with E-state index in [0.29, 0.717) is 0 Å². The predicted molar refractivity (Wildman–Crippen MR) is 173 cm³/mol. The third kappa shape index (κ3) is 5.50. The van der Waals surface area contributed by atoms with Gasteiger partial charge in [0.1, 0.15) is 7.05 Å². The molecule has 3 aliphatic rings. The summed E-state index contributed by atoms with van der Waals surface area (Å²) in [5, 5.41) is 2.45. The van der Waals surface area contributed by atoms with Crippen molar-refractivity contribution in [1.29, 1.82) is 0 Å². The first-order valence-electron chi connectivity index (χ1n) is 17.5. The number of fused-ring (bicyclic) bond motifs is 1. The van der Waals surface area contributed by atoms with Crippen molar-refractivity contribution in [2.75, 3.05) is 0 Å². The molecular weight excluding hydrogens is 494 g/mol. The lowest BCUT2D eigenvalue weighted by molar-refractivity contribution is -0.660. The zero-order valence-corrected chi connectivity index (χ0v) is 25.2. The second-order valence-corrected chi connectivity index (χ2v) is 13.3. The maximum absolute atomic E-state index is 9.63. The van der Waals surface area contributed by atoms with Crippen molar-refractivity contribution in [3.63, 3.8) is 0 Å². The summed E-state index contributed by atoms with van der Waals surface area (Å²) in [6.45, 7) is 2.18. The summed E-state index contributed by atoms with van der Waals surface area (Å²) in [7, 11) is 2.14. The van der Waals surface area contributed by atoms with Gasteiger partial charge >= 0.3 is 0 Å². The zero-order valence-electron chi connectivity index (χ0n) is 27.2. The van der Waals surface area contributed by atoms with Gasteiger partial charge in [-0.15, -0.1) is 0 Å². The molecule has 3 aliphatic carbocycles. The van der Waals surface area contributed by atoms with E-state index in [1.165, 1.54) is 89.2 Å². The van der Waals surface area contributed by atoms with Gasteiger partial charge in [0.05, 0.1) is 0 Å². The SMILES string of the molecule is [2H]C1(c2ccc3cc(-c4cc(-c5ccccc5C)[n+](C)cc4C4([2H])CCCCC4)ccc3c2)CCC(C2CCCC2)CC1. The van der Waals surface area contributed by atoms with Gasteiger partial charge in [-0.2, -0.15) is 0 Å². The molecule has 0 N–H and O–H groups in total. The van der Waals surface area contributed by atoms with Crippen molar-refractivity contribution in [2.45, 2.75) is 102 Å². The van der Waals surface area contributed by atoms with E-state index in [4.69, 9.17) is 0 Å². The summed E-state index contributed by atoms with van der Waals surface area (Å²) in [5.74, 6) is 0.764. The summed E-state index contributed by atoms with van der Waals surface area (Å²) >= 11 is 0. The second kappa shape index (κ2) is 11.7. The highest BCUT2D eigenvalue weighted by Gasteiger charge is 2.30. The third-order valence-corrected chi connectivity index (χ3v) is 10.8. The van der Waals surface area contributed by atoms with E-state index in [0.717, 1.165) is 55.9 Å². The van der Waals surface area contributed by atoms with Gasteiger partial charge in [-0.3, -0.25) is 0 Å². The van der Waals surface area contributed by atoms with Crippen LogP contribution in [0.25, 0.3) is 33.2 Å². The molecule has 1 heterocycles. The van der Waals surface area contributed by atoms with Gasteiger partial charge < -0.3 is 0 Å². The number of nitrogens with zero attached hydrogens (tertiary/aromatic N) is 1. The van der Waals surface area contributed by atoms with Gasteiger partial charge in [0, 0.05) is 19.9 Å². The van der Waals surface area contributed by atoms with Gasteiger partial charge in [-0.05, 0) is 114 Å². The molecule has 0 bridgehead atoms. The number of rotatable bonds is 5. The molecule has 0 aliphatic heterocycles. The average molecular weight is 545 g/mol. The van der Waals surface area contributed by atoms with E-state index in [2.05, 4.69) is 91.5 Å². The van der Waals surface area contributed by atoms with E-state index in [9.17, 15) is 2.74 Å². The van der Waals surface area contributed by atoms with Crippen LogP contribution in [0.3, 0.4) is 0 Å². The molecule has 212 valence electrons. The maximum atomic E-state index is 9.63. The monoisotopic (exact) mass is 544 g/mol. The normalized spacial score (nSPS) is 25.7. The van der Waals surface area contributed by atoms with E-state index in [1.807, 2.05) is 0 Å². The highest BCUT2D eigenvalue weighted by Crippen LogP contribution is 2.44. The number of hydrogen-bond donors (Lipinski definition) is 0. The van der Waals surface area contributed by atoms with Gasteiger partial charge in [0.2, 0.25) is 5.69 Å². The lowest BCUT2D eigenvalue weighted by Gasteiger charge is -2.32. The van der Waals surface area contributed by atoms with Crippen LogP contribution in [0, 0.1) is 18.8 Å². The number of pyridine rings is 1. The van der Waals surface area contributed by atoms with Crippen molar-refractivity contribution in [3.05, 3.63) is 89.6 Å². The Kier molecular flexibility index (Phi) is 7.06. The molecule has 1 nitrogen and oxygen atoms in total. The largest absolute Gasteiger partial charge is 0.213 e. The molecule has 0 unspecified atom stereocenters. The number of benzene rings is 3. The Morgan fingerprint density at radius 2 is 1.32 bits per heavy atom. The zero-order chi connectivity index (χ0) is 29.6. The summed E-state index contributed by atoms with van der Waals surface area (Å²) in [4.78, 5) is 0. The minimum Gasteiger partial charge on any atom is -0.201 e. The lowest BCUT2D eigenvalue weighted by Crippen LogP contribution is -2.32. The minimum atomic E-state index is -0.552. The van der Waals surface area contributed by atoms with E-state index in [1.54, 1.807) is 0 Å². The minimum absolute atomic E-state index is 0.454. The number of aryl methyl sites for hydroxylation is 2. The fourth-order valence-electron chi connectivity index (χ4n) is 8.36. The van der Waals surface area contributed by atoms with E-state index < -0.39 is 11.8 Å². The van der Waals surface area contributed by atoms with Crippen molar-refractivity contribution in [1.82, 2.24) is 0 Å². The molecule has 0 amide bonds. The van der Waals surface area contributed by atoms with Crippen molar-refractivity contribution < 1.29 is 7.31 Å². The summed E-state index contributed by atoms with van der Waals surface area (Å²) in [6.07, 6.45) is 17.7. The quantitative estimate of drug-likeness (QED) is 0.220. The van der Waals surface area contributed by atoms with Crippen LogP contribution in [-0.4, -0.2) is 0 Å². The topological polar surface area (TPSA) is 3.88 Å². The van der Waals surface area contributed by atoms with Crippen LogP contribution >= 0.6 is 0 Å². The molecule has 7 rings (SSSR count). The molecule has 3 fully saturated rings. The van der Waals surface area contributed by atoms with Crippen LogP contribution in [0.2, 0.25) is 0 Å². The fourth-order valence-corrected chi connectivity index (χ4v) is 8.36. The van der Waals surface area contributed by atoms with Crippen LogP contribution in [0.4, 0.5) is 0 Å². The van der Waals surface area contributed by atoms with Gasteiger partial charge in [-0.1, -0.05) is 93.5 Å². The van der Waals surface area contributed by atoms with Crippen LogP contribution in [0.15, 0.2) is 72.9 Å². The van der Waals surface area contributed by atoms with Crippen molar-refractivity contribution >= 4 is 10.8 Å².